The lowest BCUT2D eigenvalue weighted by Gasteiger charge is -2.45. The molecule has 2 fully saturated rings. The van der Waals surface area contributed by atoms with Gasteiger partial charge < -0.3 is 29.4 Å². The van der Waals surface area contributed by atoms with Gasteiger partial charge in [-0.25, -0.2) is 14.8 Å². The van der Waals surface area contributed by atoms with Crippen LogP contribution in [0.1, 0.15) is 59.4 Å². The summed E-state index contributed by atoms with van der Waals surface area (Å²) in [6, 6.07) is 16.5. The summed E-state index contributed by atoms with van der Waals surface area (Å²) < 4.78 is 19.8. The number of hydrogen-bond donors (Lipinski definition) is 1. The lowest BCUT2D eigenvalue weighted by Crippen LogP contribution is -2.57. The van der Waals surface area contributed by atoms with E-state index in [9.17, 15) is 4.79 Å². The molecule has 2 aromatic carbocycles. The largest absolute Gasteiger partial charge is 0.493 e. The number of carbonyl (C=O) groups excluding carboxylic acids is 1. The second-order valence-corrected chi connectivity index (χ2v) is 13.2. The van der Waals surface area contributed by atoms with E-state index >= 15 is 0 Å². The van der Waals surface area contributed by atoms with Crippen LogP contribution in [0.2, 0.25) is 0 Å². The van der Waals surface area contributed by atoms with Crippen molar-refractivity contribution in [1.82, 2.24) is 24.3 Å². The van der Waals surface area contributed by atoms with Crippen LogP contribution in [0.15, 0.2) is 61.1 Å². The van der Waals surface area contributed by atoms with Crippen molar-refractivity contribution in [3.63, 3.8) is 0 Å². The average Bonchev–Trinajstić information content (AvgIpc) is 3.42. The van der Waals surface area contributed by atoms with Gasteiger partial charge in [0.25, 0.3) is 0 Å². The van der Waals surface area contributed by atoms with Crippen molar-refractivity contribution in [3.05, 3.63) is 61.1 Å². The van der Waals surface area contributed by atoms with E-state index in [1.165, 1.54) is 0 Å². The number of methoxy groups -OCH3 is 1. The van der Waals surface area contributed by atoms with Crippen molar-refractivity contribution >= 4 is 22.9 Å². The number of piperazine rings is 1. The molecule has 1 amide bonds. The summed E-state index contributed by atoms with van der Waals surface area (Å²) in [5.41, 5.74) is 8.77. The molecule has 2 aromatic heterocycles. The van der Waals surface area contributed by atoms with Gasteiger partial charge in [0.05, 0.1) is 12.5 Å². The summed E-state index contributed by atoms with van der Waals surface area (Å²) in [5.74, 6) is 2.48. The van der Waals surface area contributed by atoms with Crippen LogP contribution >= 0.6 is 0 Å². The minimum absolute atomic E-state index is 0.114. The predicted molar refractivity (Wildman–Crippen MR) is 176 cm³/mol. The molecule has 1 atom stereocenters. The van der Waals surface area contributed by atoms with Crippen molar-refractivity contribution in [3.8, 4) is 28.4 Å². The molecule has 10 nitrogen and oxygen atoms in total. The standard InChI is InChI=1S/C35H44N6O4/c1-23-20-39(17-18-40(23)34(42)45-35(2,3)4)25-12-14-26(15-13-25)41-21-28(31-32(36)37-22-38-33(31)41)24-11-16-29(30(19-24)43-5)44-27-9-7-6-8-10-27/h6-11,16,19,21-23,25-26H,12-15,17-18,20H2,1-5H3,(H2,36,37,38)/t23-,25-,26+/m0/s1. The molecule has 1 aliphatic heterocycles. The van der Waals surface area contributed by atoms with Gasteiger partial charge in [-0.2, -0.15) is 0 Å². The summed E-state index contributed by atoms with van der Waals surface area (Å²) in [5, 5.41) is 0.852. The number of fused-ring (bicyclic) bond motifs is 1. The van der Waals surface area contributed by atoms with Crippen molar-refractivity contribution in [2.24, 2.45) is 0 Å². The zero-order valence-corrected chi connectivity index (χ0v) is 26.9. The molecule has 6 rings (SSSR count). The highest BCUT2D eigenvalue weighted by atomic mass is 16.6. The third kappa shape index (κ3) is 6.56. The topological polar surface area (TPSA) is 108 Å². The van der Waals surface area contributed by atoms with Gasteiger partial charge in [0.15, 0.2) is 11.5 Å². The van der Waals surface area contributed by atoms with Gasteiger partial charge in [-0.15, -0.1) is 0 Å². The predicted octanol–water partition coefficient (Wildman–Crippen LogP) is 6.91. The first kappa shape index (κ1) is 30.7. The number of nitrogens with two attached hydrogens (primary N) is 1. The quantitative estimate of drug-likeness (QED) is 0.250. The molecule has 0 unspecified atom stereocenters. The minimum Gasteiger partial charge on any atom is -0.493 e. The maximum atomic E-state index is 12.7. The van der Waals surface area contributed by atoms with Gasteiger partial charge in [0.1, 0.15) is 29.1 Å². The summed E-state index contributed by atoms with van der Waals surface area (Å²) in [7, 11) is 1.65. The van der Waals surface area contributed by atoms with E-state index in [2.05, 4.69) is 27.6 Å². The van der Waals surface area contributed by atoms with E-state index in [-0.39, 0.29) is 12.1 Å². The fraction of sp³-hybridized carbons (Fsp3) is 0.457. The number of rotatable bonds is 6. The zero-order valence-electron chi connectivity index (χ0n) is 26.9. The fourth-order valence-electron chi connectivity index (χ4n) is 6.75. The summed E-state index contributed by atoms with van der Waals surface area (Å²) in [6.45, 7) is 10.3. The molecule has 3 heterocycles. The van der Waals surface area contributed by atoms with Gasteiger partial charge in [0, 0.05) is 49.5 Å². The molecule has 0 spiro atoms. The monoisotopic (exact) mass is 612 g/mol. The molecule has 1 saturated heterocycles. The maximum Gasteiger partial charge on any atom is 0.410 e. The number of carbonyl (C=O) groups is 1. The van der Waals surface area contributed by atoms with Crippen molar-refractivity contribution in [2.45, 2.75) is 77.1 Å². The number of ether oxygens (including phenoxy) is 3. The van der Waals surface area contributed by atoms with Crippen LogP contribution in [0, 0.1) is 0 Å². The highest BCUT2D eigenvalue weighted by Gasteiger charge is 2.35. The smallest absolute Gasteiger partial charge is 0.410 e. The van der Waals surface area contributed by atoms with E-state index in [1.54, 1.807) is 13.4 Å². The lowest BCUT2D eigenvalue weighted by molar-refractivity contribution is -0.00810. The first-order valence-corrected chi connectivity index (χ1v) is 15.9. The van der Waals surface area contributed by atoms with Crippen LogP contribution in [0.25, 0.3) is 22.2 Å². The van der Waals surface area contributed by atoms with Gasteiger partial charge in [-0.1, -0.05) is 24.3 Å². The highest BCUT2D eigenvalue weighted by Crippen LogP contribution is 2.42. The van der Waals surface area contributed by atoms with E-state index in [0.29, 0.717) is 35.9 Å². The Hall–Kier alpha value is -4.31. The van der Waals surface area contributed by atoms with Crippen LogP contribution in [-0.2, 0) is 4.74 Å². The number of para-hydroxylation sites is 1. The molecule has 0 radical (unpaired) electrons. The normalized spacial score (nSPS) is 21.1. The van der Waals surface area contributed by atoms with Crippen molar-refractivity contribution in [1.29, 1.82) is 0 Å². The summed E-state index contributed by atoms with van der Waals surface area (Å²) in [4.78, 5) is 26.2. The highest BCUT2D eigenvalue weighted by molar-refractivity contribution is 6.01. The van der Waals surface area contributed by atoms with Crippen LogP contribution in [0.5, 0.6) is 17.2 Å². The average molecular weight is 613 g/mol. The number of amides is 1. The molecule has 45 heavy (non-hydrogen) atoms. The Labute approximate surface area is 265 Å². The Morgan fingerprint density at radius 1 is 0.956 bits per heavy atom. The van der Waals surface area contributed by atoms with E-state index in [0.717, 1.165) is 66.7 Å². The van der Waals surface area contributed by atoms with Crippen LogP contribution in [0.4, 0.5) is 10.6 Å². The Morgan fingerprint density at radius 3 is 2.38 bits per heavy atom. The SMILES string of the molecule is COc1cc(-c2cn([C@H]3CC[C@@H](N4CCN(C(=O)OC(C)(C)C)[C@@H](C)C4)CC3)c3ncnc(N)c23)ccc1Oc1ccccc1. The van der Waals surface area contributed by atoms with E-state index < -0.39 is 5.60 Å². The van der Waals surface area contributed by atoms with Crippen molar-refractivity contribution < 1.29 is 19.0 Å². The Kier molecular flexibility index (Phi) is 8.59. The second kappa shape index (κ2) is 12.6. The number of benzene rings is 2. The first-order chi connectivity index (χ1) is 21.6. The molecular formula is C35H44N6O4. The Balaban J connectivity index is 1.18. The summed E-state index contributed by atoms with van der Waals surface area (Å²) in [6.07, 6.45) is 7.74. The molecule has 238 valence electrons. The number of nitrogens with zero attached hydrogens (tertiary/aromatic N) is 5. The lowest BCUT2D eigenvalue weighted by atomic mass is 9.89. The molecule has 10 heteroatoms. The number of hydrogen-bond acceptors (Lipinski definition) is 8. The van der Waals surface area contributed by atoms with Gasteiger partial charge in [0.2, 0.25) is 0 Å². The minimum atomic E-state index is -0.489. The maximum absolute atomic E-state index is 12.7. The van der Waals surface area contributed by atoms with E-state index in [1.807, 2.05) is 74.2 Å². The molecule has 1 saturated carbocycles. The fourth-order valence-corrected chi connectivity index (χ4v) is 6.75. The molecule has 4 aromatic rings. The van der Waals surface area contributed by atoms with Crippen molar-refractivity contribution in [2.75, 3.05) is 32.5 Å². The molecule has 2 aliphatic rings. The second-order valence-electron chi connectivity index (χ2n) is 13.2. The van der Waals surface area contributed by atoms with Crippen LogP contribution in [0.3, 0.4) is 0 Å². The van der Waals surface area contributed by atoms with Crippen LogP contribution in [-0.4, -0.2) is 74.9 Å². The third-order valence-corrected chi connectivity index (χ3v) is 8.95. The number of nitrogen functional groups attached to an aromatic ring is 1. The Bertz CT molecular complexity index is 1640. The van der Waals surface area contributed by atoms with Crippen LogP contribution < -0.4 is 15.2 Å². The van der Waals surface area contributed by atoms with Gasteiger partial charge >= 0.3 is 6.09 Å². The van der Waals surface area contributed by atoms with Gasteiger partial charge in [-0.05, 0) is 83.2 Å². The molecule has 1 aliphatic carbocycles. The zero-order chi connectivity index (χ0) is 31.7. The molecular weight excluding hydrogens is 568 g/mol. The third-order valence-electron chi connectivity index (χ3n) is 8.95. The number of aromatic nitrogens is 3. The van der Waals surface area contributed by atoms with Gasteiger partial charge in [-0.3, -0.25) is 4.90 Å². The summed E-state index contributed by atoms with van der Waals surface area (Å²) >= 11 is 0. The Morgan fingerprint density at radius 2 is 1.69 bits per heavy atom. The number of anilines is 1. The molecule has 2 N–H and O–H groups in total. The molecule has 0 bridgehead atoms. The first-order valence-electron chi connectivity index (χ1n) is 15.9. The van der Waals surface area contributed by atoms with E-state index in [4.69, 9.17) is 24.9 Å².